The molecule has 0 unspecified atom stereocenters. The summed E-state index contributed by atoms with van der Waals surface area (Å²) < 4.78 is 27.9. The van der Waals surface area contributed by atoms with Gasteiger partial charge in [0.25, 0.3) is 10.0 Å². The number of anilines is 2. The topological polar surface area (TPSA) is 56.4 Å². The minimum Gasteiger partial charge on any atom is -0.371 e. The molecule has 0 bridgehead atoms. The Morgan fingerprint density at radius 3 is 2.55 bits per heavy atom. The van der Waals surface area contributed by atoms with E-state index in [1.165, 1.54) is 16.6 Å². The third-order valence-electron chi connectivity index (χ3n) is 7.17. The highest BCUT2D eigenvalue weighted by Gasteiger charge is 2.35. The molecule has 3 aromatic carbocycles. The maximum atomic E-state index is 13.1. The lowest BCUT2D eigenvalue weighted by Crippen LogP contribution is -2.34. The number of benzene rings is 3. The van der Waals surface area contributed by atoms with Gasteiger partial charge in [-0.2, -0.15) is 0 Å². The zero-order valence-electron chi connectivity index (χ0n) is 18.4. The standard InChI is InChI=1S/C26H27N3O2S.ClH/c30-32(31)25-8-2-6-20-5-1-7-24(26(20)25)29(32)15-3-4-19-12-16-28(17-13-19)22-9-10-23-21(18-22)11-14-27-23;/h1-2,5-11,14,18-19,27H,3-4,12-13,15-17H2;1H. The van der Waals surface area contributed by atoms with E-state index in [4.69, 9.17) is 0 Å². The Morgan fingerprint density at radius 2 is 1.73 bits per heavy atom. The maximum Gasteiger partial charge on any atom is 0.265 e. The minimum absolute atomic E-state index is 0. The van der Waals surface area contributed by atoms with E-state index < -0.39 is 10.0 Å². The Kier molecular flexibility index (Phi) is 5.75. The first-order valence-corrected chi connectivity index (χ1v) is 12.9. The number of rotatable bonds is 5. The van der Waals surface area contributed by atoms with E-state index in [2.05, 4.69) is 34.1 Å². The van der Waals surface area contributed by atoms with Crippen molar-refractivity contribution in [2.24, 2.45) is 5.92 Å². The van der Waals surface area contributed by atoms with Crippen LogP contribution in [-0.4, -0.2) is 33.0 Å². The highest BCUT2D eigenvalue weighted by molar-refractivity contribution is 7.93. The van der Waals surface area contributed by atoms with Crippen molar-refractivity contribution in [2.75, 3.05) is 28.8 Å². The lowest BCUT2D eigenvalue weighted by Gasteiger charge is -2.34. The van der Waals surface area contributed by atoms with Gasteiger partial charge >= 0.3 is 0 Å². The molecule has 3 heterocycles. The molecule has 1 saturated heterocycles. The smallest absolute Gasteiger partial charge is 0.265 e. The van der Waals surface area contributed by atoms with Crippen molar-refractivity contribution in [3.05, 3.63) is 66.9 Å². The molecule has 1 aromatic heterocycles. The molecule has 0 radical (unpaired) electrons. The van der Waals surface area contributed by atoms with Crippen LogP contribution in [0.4, 0.5) is 11.4 Å². The summed E-state index contributed by atoms with van der Waals surface area (Å²) in [6.07, 6.45) is 6.27. The van der Waals surface area contributed by atoms with E-state index in [-0.39, 0.29) is 12.4 Å². The molecule has 33 heavy (non-hydrogen) atoms. The summed E-state index contributed by atoms with van der Waals surface area (Å²) in [5, 5.41) is 3.13. The second kappa shape index (κ2) is 8.58. The normalized spacial score (nSPS) is 17.6. The number of nitrogens with zero attached hydrogens (tertiary/aromatic N) is 2. The van der Waals surface area contributed by atoms with Crippen molar-refractivity contribution < 1.29 is 8.42 Å². The summed E-state index contributed by atoms with van der Waals surface area (Å²) in [4.78, 5) is 6.19. The minimum atomic E-state index is -3.44. The number of aromatic nitrogens is 1. The van der Waals surface area contributed by atoms with Gasteiger partial charge in [0.05, 0.1) is 10.6 Å². The fourth-order valence-electron chi connectivity index (χ4n) is 5.44. The Morgan fingerprint density at radius 1 is 0.939 bits per heavy atom. The van der Waals surface area contributed by atoms with Crippen molar-refractivity contribution in [1.82, 2.24) is 4.98 Å². The average Bonchev–Trinajstić information content (AvgIpc) is 3.37. The van der Waals surface area contributed by atoms with Gasteiger partial charge in [-0.05, 0) is 73.4 Å². The molecule has 0 atom stereocenters. The largest absolute Gasteiger partial charge is 0.371 e. The van der Waals surface area contributed by atoms with Crippen molar-refractivity contribution in [2.45, 2.75) is 30.6 Å². The molecule has 1 N–H and O–H groups in total. The first kappa shape index (κ1) is 22.1. The molecule has 172 valence electrons. The van der Waals surface area contributed by atoms with Crippen LogP contribution in [0.1, 0.15) is 25.7 Å². The number of fused-ring (bicyclic) bond motifs is 1. The second-order valence-corrected chi connectivity index (χ2v) is 10.9. The van der Waals surface area contributed by atoms with Gasteiger partial charge in [0, 0.05) is 47.8 Å². The summed E-state index contributed by atoms with van der Waals surface area (Å²) in [6, 6.07) is 20.2. The summed E-state index contributed by atoms with van der Waals surface area (Å²) >= 11 is 0. The first-order valence-electron chi connectivity index (χ1n) is 11.5. The van der Waals surface area contributed by atoms with Gasteiger partial charge in [-0.3, -0.25) is 4.31 Å². The van der Waals surface area contributed by atoms with Crippen LogP contribution in [0, 0.1) is 5.92 Å². The summed E-state index contributed by atoms with van der Waals surface area (Å²) in [7, 11) is -3.44. The Labute approximate surface area is 200 Å². The zero-order chi connectivity index (χ0) is 21.7. The fraction of sp³-hybridized carbons (Fsp3) is 0.308. The summed E-state index contributed by atoms with van der Waals surface area (Å²) in [6.45, 7) is 2.68. The van der Waals surface area contributed by atoms with Gasteiger partial charge in [0.15, 0.2) is 0 Å². The Hall–Kier alpha value is -2.70. The lowest BCUT2D eigenvalue weighted by atomic mass is 9.92. The van der Waals surface area contributed by atoms with Gasteiger partial charge in [-0.15, -0.1) is 12.4 Å². The van der Waals surface area contributed by atoms with Crippen molar-refractivity contribution >= 4 is 55.5 Å². The molecule has 0 aliphatic carbocycles. The van der Waals surface area contributed by atoms with E-state index >= 15 is 0 Å². The van der Waals surface area contributed by atoms with E-state index in [0.29, 0.717) is 17.4 Å². The van der Waals surface area contributed by atoms with Crippen LogP contribution in [0.3, 0.4) is 0 Å². The first-order chi connectivity index (χ1) is 15.6. The van der Waals surface area contributed by atoms with E-state index in [0.717, 1.165) is 55.2 Å². The van der Waals surface area contributed by atoms with Crippen LogP contribution in [0.2, 0.25) is 0 Å². The molecule has 1 fully saturated rings. The van der Waals surface area contributed by atoms with Crippen LogP contribution in [0.15, 0.2) is 71.8 Å². The predicted octanol–water partition coefficient (Wildman–Crippen LogP) is 5.95. The molecular weight excluding hydrogens is 454 g/mol. The molecule has 0 spiro atoms. The molecule has 2 aliphatic heterocycles. The molecule has 2 aliphatic rings. The number of H-pyrrole nitrogens is 1. The van der Waals surface area contributed by atoms with Gasteiger partial charge in [-0.25, -0.2) is 8.42 Å². The third kappa shape index (κ3) is 3.75. The average molecular weight is 482 g/mol. The number of aromatic amines is 1. The monoisotopic (exact) mass is 481 g/mol. The van der Waals surface area contributed by atoms with Crippen molar-refractivity contribution in [3.8, 4) is 0 Å². The van der Waals surface area contributed by atoms with Crippen molar-refractivity contribution in [1.29, 1.82) is 0 Å². The molecule has 4 aromatic rings. The molecule has 7 heteroatoms. The van der Waals surface area contributed by atoms with Crippen LogP contribution in [0.25, 0.3) is 21.7 Å². The van der Waals surface area contributed by atoms with Crippen LogP contribution in [-0.2, 0) is 10.0 Å². The maximum absolute atomic E-state index is 13.1. The number of sulfonamides is 1. The molecule has 6 rings (SSSR count). The van der Waals surface area contributed by atoms with Gasteiger partial charge in [0.1, 0.15) is 0 Å². The Bertz CT molecular complexity index is 1400. The van der Waals surface area contributed by atoms with E-state index in [1.54, 1.807) is 10.4 Å². The van der Waals surface area contributed by atoms with E-state index in [1.807, 2.05) is 36.5 Å². The summed E-state index contributed by atoms with van der Waals surface area (Å²) in [5.74, 6) is 0.658. The van der Waals surface area contributed by atoms with Gasteiger partial charge in [-0.1, -0.05) is 24.3 Å². The second-order valence-electron chi connectivity index (χ2n) is 9.03. The lowest BCUT2D eigenvalue weighted by molar-refractivity contribution is 0.375. The molecular formula is C26H28ClN3O2S. The quantitative estimate of drug-likeness (QED) is 0.383. The highest BCUT2D eigenvalue weighted by atomic mass is 35.5. The van der Waals surface area contributed by atoms with Crippen LogP contribution >= 0.6 is 12.4 Å². The SMILES string of the molecule is Cl.O=S1(=O)c2cccc3cccc(c23)N1CCCC1CCN(c2ccc3[nH]ccc3c2)CC1. The number of halogens is 1. The number of piperidine rings is 1. The number of nitrogens with one attached hydrogen (secondary N) is 1. The zero-order valence-corrected chi connectivity index (χ0v) is 20.0. The highest BCUT2D eigenvalue weighted by Crippen LogP contribution is 2.42. The number of hydrogen-bond donors (Lipinski definition) is 1. The van der Waals surface area contributed by atoms with Crippen LogP contribution < -0.4 is 9.21 Å². The van der Waals surface area contributed by atoms with Crippen molar-refractivity contribution in [3.63, 3.8) is 0 Å². The fourth-order valence-corrected chi connectivity index (χ4v) is 7.19. The van der Waals surface area contributed by atoms with E-state index in [9.17, 15) is 8.42 Å². The van der Waals surface area contributed by atoms with Crippen LogP contribution in [0.5, 0.6) is 0 Å². The van der Waals surface area contributed by atoms with Gasteiger partial charge < -0.3 is 9.88 Å². The third-order valence-corrected chi connectivity index (χ3v) is 9.03. The van der Waals surface area contributed by atoms with Gasteiger partial charge in [0.2, 0.25) is 0 Å². The predicted molar refractivity (Wildman–Crippen MR) is 138 cm³/mol. The Balaban J connectivity index is 0.00000228. The number of hydrogen-bond acceptors (Lipinski definition) is 3. The summed E-state index contributed by atoms with van der Waals surface area (Å²) in [5.41, 5.74) is 3.32. The molecule has 0 amide bonds. The molecule has 5 nitrogen and oxygen atoms in total. The molecule has 0 saturated carbocycles.